The number of carbonyl (C=O) groups excluding carboxylic acids is 1. The highest BCUT2D eigenvalue weighted by atomic mass is 35.5. The van der Waals surface area contributed by atoms with Crippen molar-refractivity contribution in [2.75, 3.05) is 25.0 Å². The van der Waals surface area contributed by atoms with Gasteiger partial charge in [-0.3, -0.25) is 4.79 Å². The van der Waals surface area contributed by atoms with E-state index in [1.54, 1.807) is 12.1 Å². The van der Waals surface area contributed by atoms with Gasteiger partial charge in [0, 0.05) is 13.1 Å². The molecule has 1 amide bonds. The van der Waals surface area contributed by atoms with Crippen LogP contribution in [0, 0.1) is 11.3 Å². The Kier molecular flexibility index (Phi) is 4.74. The Hall–Kier alpha value is -1.61. The number of hydrogen-bond donors (Lipinski definition) is 2. The average molecular weight is 280 g/mol. The minimum absolute atomic E-state index is 0.106. The van der Waals surface area contributed by atoms with Crippen molar-refractivity contribution < 1.29 is 9.53 Å². The summed E-state index contributed by atoms with van der Waals surface area (Å²) in [4.78, 5) is 11.8. The molecule has 1 aliphatic heterocycles. The van der Waals surface area contributed by atoms with Gasteiger partial charge in [-0.2, -0.15) is 5.26 Å². The zero-order chi connectivity index (χ0) is 13.7. The number of morpholine rings is 1. The van der Waals surface area contributed by atoms with Gasteiger partial charge in [0.05, 0.1) is 41.5 Å². The Morgan fingerprint density at radius 2 is 2.47 bits per heavy atom. The van der Waals surface area contributed by atoms with E-state index in [0.717, 1.165) is 6.54 Å². The second-order valence-electron chi connectivity index (χ2n) is 4.26. The van der Waals surface area contributed by atoms with Crippen LogP contribution in [-0.2, 0) is 9.53 Å². The summed E-state index contributed by atoms with van der Waals surface area (Å²) in [6.45, 7) is 2.11. The molecule has 0 saturated carbocycles. The minimum atomic E-state index is -0.152. The first-order valence-electron chi connectivity index (χ1n) is 6.01. The van der Waals surface area contributed by atoms with Gasteiger partial charge in [0.2, 0.25) is 5.91 Å². The molecule has 1 aliphatic rings. The fourth-order valence-electron chi connectivity index (χ4n) is 1.84. The predicted octanol–water partition coefficient (Wildman–Crippen LogP) is 1.53. The molecule has 1 aromatic rings. The summed E-state index contributed by atoms with van der Waals surface area (Å²) in [5.41, 5.74) is 0.970. The molecule has 0 aliphatic carbocycles. The van der Waals surface area contributed by atoms with Crippen molar-refractivity contribution in [1.82, 2.24) is 5.32 Å². The van der Waals surface area contributed by atoms with Gasteiger partial charge in [0.25, 0.3) is 0 Å². The number of nitriles is 1. The first-order chi connectivity index (χ1) is 9.19. The molecule has 19 heavy (non-hydrogen) atoms. The normalized spacial score (nSPS) is 18.6. The zero-order valence-electron chi connectivity index (χ0n) is 10.3. The number of nitrogens with zero attached hydrogens (tertiary/aromatic N) is 1. The third-order valence-electron chi connectivity index (χ3n) is 2.79. The summed E-state index contributed by atoms with van der Waals surface area (Å²) in [6, 6.07) is 6.75. The molecule has 1 saturated heterocycles. The number of ether oxygens (including phenoxy) is 1. The van der Waals surface area contributed by atoms with Crippen molar-refractivity contribution in [2.45, 2.75) is 12.5 Å². The first-order valence-corrected chi connectivity index (χ1v) is 6.38. The number of amides is 1. The summed E-state index contributed by atoms with van der Waals surface area (Å²) in [6.07, 6.45) is 0.175. The molecule has 0 bridgehead atoms. The Bertz CT molecular complexity index is 507. The van der Waals surface area contributed by atoms with Crippen LogP contribution in [0.2, 0.25) is 5.02 Å². The molecule has 1 heterocycles. The molecule has 0 aromatic heterocycles. The van der Waals surface area contributed by atoms with E-state index in [1.807, 2.05) is 6.07 Å². The summed E-state index contributed by atoms with van der Waals surface area (Å²) in [5, 5.41) is 15.0. The van der Waals surface area contributed by atoms with Gasteiger partial charge in [0.1, 0.15) is 0 Å². The molecule has 6 heteroatoms. The van der Waals surface area contributed by atoms with Crippen molar-refractivity contribution in [2.24, 2.45) is 0 Å². The molecule has 0 radical (unpaired) electrons. The number of carbonyl (C=O) groups is 1. The molecule has 0 spiro atoms. The fourth-order valence-corrected chi connectivity index (χ4v) is 2.07. The molecule has 5 nitrogen and oxygen atoms in total. The lowest BCUT2D eigenvalue weighted by Gasteiger charge is -2.23. The Morgan fingerprint density at radius 1 is 1.63 bits per heavy atom. The largest absolute Gasteiger partial charge is 0.375 e. The molecule has 100 valence electrons. The van der Waals surface area contributed by atoms with Crippen LogP contribution in [0.25, 0.3) is 0 Å². The third kappa shape index (κ3) is 3.93. The predicted molar refractivity (Wildman–Crippen MR) is 72.0 cm³/mol. The lowest BCUT2D eigenvalue weighted by molar-refractivity contribution is -0.119. The Morgan fingerprint density at radius 3 is 3.11 bits per heavy atom. The molecule has 2 rings (SSSR count). The topological polar surface area (TPSA) is 74.2 Å². The number of hydrogen-bond acceptors (Lipinski definition) is 4. The van der Waals surface area contributed by atoms with Gasteiger partial charge in [-0.05, 0) is 18.2 Å². The standard InChI is InChI=1S/C13H14ClN3O2/c14-11-5-9(7-15)1-2-12(11)17-13(18)6-10-8-16-3-4-19-10/h1-2,5,10,16H,3-4,6,8H2,(H,17,18). The second-order valence-corrected chi connectivity index (χ2v) is 4.66. The van der Waals surface area contributed by atoms with Gasteiger partial charge in [-0.1, -0.05) is 11.6 Å². The molecule has 1 unspecified atom stereocenters. The molecular formula is C13H14ClN3O2. The van der Waals surface area contributed by atoms with Crippen molar-refractivity contribution in [3.05, 3.63) is 28.8 Å². The first kappa shape index (κ1) is 13.8. The smallest absolute Gasteiger partial charge is 0.227 e. The van der Waals surface area contributed by atoms with E-state index < -0.39 is 0 Å². The van der Waals surface area contributed by atoms with Gasteiger partial charge in [0.15, 0.2) is 0 Å². The van der Waals surface area contributed by atoms with Crippen LogP contribution < -0.4 is 10.6 Å². The van der Waals surface area contributed by atoms with Crippen LogP contribution in [0.4, 0.5) is 5.69 Å². The maximum absolute atomic E-state index is 11.8. The second kappa shape index (κ2) is 6.53. The highest BCUT2D eigenvalue weighted by Crippen LogP contribution is 2.23. The van der Waals surface area contributed by atoms with Crippen LogP contribution in [0.1, 0.15) is 12.0 Å². The van der Waals surface area contributed by atoms with Crippen LogP contribution >= 0.6 is 11.6 Å². The van der Waals surface area contributed by atoms with Gasteiger partial charge >= 0.3 is 0 Å². The van der Waals surface area contributed by atoms with Crippen LogP contribution in [0.5, 0.6) is 0 Å². The van der Waals surface area contributed by atoms with E-state index in [4.69, 9.17) is 21.6 Å². The highest BCUT2D eigenvalue weighted by molar-refractivity contribution is 6.33. The molecular weight excluding hydrogens is 266 g/mol. The molecule has 1 aromatic carbocycles. The lowest BCUT2D eigenvalue weighted by atomic mass is 10.2. The van der Waals surface area contributed by atoms with E-state index in [2.05, 4.69) is 10.6 Å². The van der Waals surface area contributed by atoms with Crippen molar-refractivity contribution >= 4 is 23.2 Å². The summed E-state index contributed by atoms with van der Waals surface area (Å²) < 4.78 is 5.45. The Balaban J connectivity index is 1.93. The number of nitrogens with one attached hydrogen (secondary N) is 2. The third-order valence-corrected chi connectivity index (χ3v) is 3.10. The van der Waals surface area contributed by atoms with Crippen molar-refractivity contribution in [3.8, 4) is 6.07 Å². The van der Waals surface area contributed by atoms with Gasteiger partial charge in [-0.15, -0.1) is 0 Å². The Labute approximate surface area is 116 Å². The van der Waals surface area contributed by atoms with E-state index >= 15 is 0 Å². The number of anilines is 1. The van der Waals surface area contributed by atoms with E-state index in [9.17, 15) is 4.79 Å². The van der Waals surface area contributed by atoms with Crippen LogP contribution in [-0.4, -0.2) is 31.7 Å². The summed E-state index contributed by atoms with van der Waals surface area (Å²) >= 11 is 5.99. The van der Waals surface area contributed by atoms with E-state index in [0.29, 0.717) is 29.4 Å². The minimum Gasteiger partial charge on any atom is -0.375 e. The molecule has 2 N–H and O–H groups in total. The van der Waals surface area contributed by atoms with Crippen molar-refractivity contribution in [1.29, 1.82) is 5.26 Å². The zero-order valence-corrected chi connectivity index (χ0v) is 11.0. The highest BCUT2D eigenvalue weighted by Gasteiger charge is 2.17. The number of rotatable bonds is 3. The summed E-state index contributed by atoms with van der Waals surface area (Å²) in [5.74, 6) is -0.152. The quantitative estimate of drug-likeness (QED) is 0.880. The fraction of sp³-hybridized carbons (Fsp3) is 0.385. The average Bonchev–Trinajstić information content (AvgIpc) is 2.42. The summed E-state index contributed by atoms with van der Waals surface area (Å²) in [7, 11) is 0. The van der Waals surface area contributed by atoms with Gasteiger partial charge < -0.3 is 15.4 Å². The molecule has 1 atom stereocenters. The van der Waals surface area contributed by atoms with E-state index in [-0.39, 0.29) is 18.4 Å². The van der Waals surface area contributed by atoms with Gasteiger partial charge in [-0.25, -0.2) is 0 Å². The SMILES string of the molecule is N#Cc1ccc(NC(=O)CC2CNCCO2)c(Cl)c1. The van der Waals surface area contributed by atoms with Crippen molar-refractivity contribution in [3.63, 3.8) is 0 Å². The maximum Gasteiger partial charge on any atom is 0.227 e. The number of benzene rings is 1. The van der Waals surface area contributed by atoms with Crippen LogP contribution in [0.15, 0.2) is 18.2 Å². The van der Waals surface area contributed by atoms with Crippen LogP contribution in [0.3, 0.4) is 0 Å². The van der Waals surface area contributed by atoms with E-state index in [1.165, 1.54) is 6.07 Å². The lowest BCUT2D eigenvalue weighted by Crippen LogP contribution is -2.40. The monoisotopic (exact) mass is 279 g/mol. The molecule has 1 fully saturated rings. The maximum atomic E-state index is 11.8. The number of halogens is 1.